The van der Waals surface area contributed by atoms with Crippen molar-refractivity contribution in [3.63, 3.8) is 0 Å². The molecule has 1 amide bonds. The smallest absolute Gasteiger partial charge is 0.254 e. The van der Waals surface area contributed by atoms with Crippen LogP contribution in [0.3, 0.4) is 0 Å². The molecule has 0 saturated heterocycles. The van der Waals surface area contributed by atoms with Crippen LogP contribution in [0.15, 0.2) is 77.9 Å². The van der Waals surface area contributed by atoms with Crippen molar-refractivity contribution in [1.29, 1.82) is 0 Å². The molecule has 1 N–H and O–H groups in total. The predicted octanol–water partition coefficient (Wildman–Crippen LogP) is 4.23. The molecule has 3 aromatic rings. The first-order chi connectivity index (χ1) is 14.9. The summed E-state index contributed by atoms with van der Waals surface area (Å²) in [4.78, 5) is 13.9. The molecule has 0 aliphatic carbocycles. The second kappa shape index (κ2) is 10.4. The lowest BCUT2D eigenvalue weighted by Gasteiger charge is -2.12. The summed E-state index contributed by atoms with van der Waals surface area (Å²) in [6.45, 7) is 2.30. The van der Waals surface area contributed by atoms with Crippen LogP contribution in [0, 0.1) is 6.92 Å². The summed E-state index contributed by atoms with van der Waals surface area (Å²) in [7, 11) is 5.31. The number of hydrazone groups is 1. The van der Waals surface area contributed by atoms with Crippen LogP contribution in [-0.4, -0.2) is 44.3 Å². The number of rotatable bonds is 8. The van der Waals surface area contributed by atoms with Crippen LogP contribution >= 0.6 is 0 Å². The predicted molar refractivity (Wildman–Crippen MR) is 123 cm³/mol. The Morgan fingerprint density at radius 3 is 1.84 bits per heavy atom. The van der Waals surface area contributed by atoms with Gasteiger partial charge in [-0.3, -0.25) is 4.79 Å². The van der Waals surface area contributed by atoms with Gasteiger partial charge in [-0.1, -0.05) is 29.8 Å². The van der Waals surface area contributed by atoms with E-state index in [1.54, 1.807) is 12.0 Å². The molecule has 0 saturated carbocycles. The molecular weight excluding hydrogens is 390 g/mol. The number of methoxy groups -OCH3 is 1. The van der Waals surface area contributed by atoms with Gasteiger partial charge in [0.15, 0.2) is 0 Å². The number of carbonyl (C=O) groups is 1. The fourth-order valence-corrected chi connectivity index (χ4v) is 2.91. The Morgan fingerprint density at radius 1 is 0.839 bits per heavy atom. The number of ether oxygens (including phenoxy) is 2. The molecule has 160 valence electrons. The number of carbonyl (C=O) groups excluding carboxylic acids is 1. The third-order valence-corrected chi connectivity index (χ3v) is 4.50. The Balaban J connectivity index is 1.82. The van der Waals surface area contributed by atoms with Crippen LogP contribution in [0.5, 0.6) is 17.2 Å². The summed E-state index contributed by atoms with van der Waals surface area (Å²) in [6, 6.07) is 23.0. The fourth-order valence-electron chi connectivity index (χ4n) is 2.91. The molecule has 0 heterocycles. The molecular formula is C25H27N3O3. The van der Waals surface area contributed by atoms with Gasteiger partial charge in [-0.15, -0.1) is 0 Å². The minimum atomic E-state index is -0.172. The fraction of sp³-hybridized carbons (Fsp3) is 0.200. The highest BCUT2D eigenvalue weighted by atomic mass is 16.5. The molecule has 0 atom stereocenters. The maximum absolute atomic E-state index is 12.1. The van der Waals surface area contributed by atoms with Crippen LogP contribution in [0.1, 0.15) is 16.7 Å². The average molecular weight is 418 g/mol. The summed E-state index contributed by atoms with van der Waals surface area (Å²) in [6.07, 6.45) is 0. The monoisotopic (exact) mass is 417 g/mol. The Labute approximate surface area is 183 Å². The zero-order valence-corrected chi connectivity index (χ0v) is 18.3. The van der Waals surface area contributed by atoms with Crippen molar-refractivity contribution in [2.24, 2.45) is 5.10 Å². The number of aryl methyl sites for hydroxylation is 1. The van der Waals surface area contributed by atoms with Crippen molar-refractivity contribution < 1.29 is 14.3 Å². The van der Waals surface area contributed by atoms with E-state index in [0.717, 1.165) is 28.2 Å². The van der Waals surface area contributed by atoms with E-state index in [4.69, 9.17) is 9.47 Å². The normalized spacial score (nSPS) is 11.3. The zero-order chi connectivity index (χ0) is 22.2. The molecule has 0 aliphatic rings. The largest absolute Gasteiger partial charge is 0.497 e. The summed E-state index contributed by atoms with van der Waals surface area (Å²) < 4.78 is 11.1. The number of likely N-dealkylation sites (N-methyl/N-ethyl adjacent to an activating group) is 1. The van der Waals surface area contributed by atoms with E-state index < -0.39 is 0 Å². The Hall–Kier alpha value is -3.64. The Kier molecular flexibility index (Phi) is 7.40. The number of hydrogen-bond acceptors (Lipinski definition) is 5. The lowest BCUT2D eigenvalue weighted by molar-refractivity contribution is -0.121. The molecule has 0 spiro atoms. The molecule has 3 rings (SSSR count). The number of benzene rings is 3. The third kappa shape index (κ3) is 6.42. The first-order valence-electron chi connectivity index (χ1n) is 9.95. The minimum absolute atomic E-state index is 0.172. The van der Waals surface area contributed by atoms with E-state index in [0.29, 0.717) is 11.5 Å². The lowest BCUT2D eigenvalue weighted by Crippen LogP contribution is -2.31. The van der Waals surface area contributed by atoms with E-state index in [1.807, 2.05) is 93.8 Å². The quantitative estimate of drug-likeness (QED) is 0.440. The van der Waals surface area contributed by atoms with Crippen LogP contribution in [0.25, 0.3) is 0 Å². The maximum atomic E-state index is 12.1. The summed E-state index contributed by atoms with van der Waals surface area (Å²) in [5, 5.41) is 4.42. The van der Waals surface area contributed by atoms with E-state index in [-0.39, 0.29) is 12.5 Å². The van der Waals surface area contributed by atoms with Crippen molar-refractivity contribution in [1.82, 2.24) is 10.3 Å². The van der Waals surface area contributed by atoms with Gasteiger partial charge in [0, 0.05) is 11.1 Å². The number of nitrogens with one attached hydrogen (secondary N) is 1. The van der Waals surface area contributed by atoms with E-state index in [1.165, 1.54) is 0 Å². The van der Waals surface area contributed by atoms with Crippen molar-refractivity contribution in [3.05, 3.63) is 89.5 Å². The van der Waals surface area contributed by atoms with E-state index >= 15 is 0 Å². The zero-order valence-electron chi connectivity index (χ0n) is 18.3. The van der Waals surface area contributed by atoms with Gasteiger partial charge >= 0.3 is 0 Å². The molecule has 6 nitrogen and oxygen atoms in total. The van der Waals surface area contributed by atoms with Crippen molar-refractivity contribution in [2.75, 3.05) is 27.7 Å². The molecule has 6 heteroatoms. The molecule has 0 aromatic heterocycles. The molecule has 31 heavy (non-hydrogen) atoms. The third-order valence-electron chi connectivity index (χ3n) is 4.50. The summed E-state index contributed by atoms with van der Waals surface area (Å²) in [5.74, 6) is 2.03. The van der Waals surface area contributed by atoms with Crippen molar-refractivity contribution in [3.8, 4) is 17.2 Å². The highest BCUT2D eigenvalue weighted by Crippen LogP contribution is 2.24. The highest BCUT2D eigenvalue weighted by molar-refractivity contribution is 6.13. The summed E-state index contributed by atoms with van der Waals surface area (Å²) >= 11 is 0. The van der Waals surface area contributed by atoms with Crippen molar-refractivity contribution >= 4 is 11.6 Å². The SMILES string of the molecule is COc1ccc(Oc2ccc(/C(=N\NC(=O)CN(C)C)c3ccc(C)cc3)cc2)cc1. The van der Waals surface area contributed by atoms with Gasteiger partial charge in [0.05, 0.1) is 19.4 Å². The summed E-state index contributed by atoms with van der Waals surface area (Å²) in [5.41, 5.74) is 6.28. The maximum Gasteiger partial charge on any atom is 0.254 e. The lowest BCUT2D eigenvalue weighted by atomic mass is 10.0. The van der Waals surface area contributed by atoms with Gasteiger partial charge in [-0.05, 0) is 69.6 Å². The Morgan fingerprint density at radius 2 is 1.32 bits per heavy atom. The molecule has 0 radical (unpaired) electrons. The van der Waals surface area contributed by atoms with Crippen LogP contribution in [-0.2, 0) is 4.79 Å². The van der Waals surface area contributed by atoms with Crippen LogP contribution in [0.2, 0.25) is 0 Å². The van der Waals surface area contributed by atoms with Gasteiger partial charge in [0.2, 0.25) is 0 Å². The number of hydrogen-bond donors (Lipinski definition) is 1. The van der Waals surface area contributed by atoms with E-state index in [2.05, 4.69) is 10.5 Å². The second-order valence-corrected chi connectivity index (χ2v) is 7.40. The molecule has 0 aliphatic heterocycles. The standard InChI is InChI=1S/C25H27N3O3/c1-18-5-7-19(8-6-18)25(27-26-24(29)17-28(2)3)20-9-11-22(12-10-20)31-23-15-13-21(30-4)14-16-23/h5-16H,17H2,1-4H3,(H,26,29)/b27-25-. The first-order valence-corrected chi connectivity index (χ1v) is 9.95. The molecule has 0 bridgehead atoms. The molecule has 0 unspecified atom stereocenters. The topological polar surface area (TPSA) is 63.2 Å². The molecule has 0 fully saturated rings. The van der Waals surface area contributed by atoms with Gasteiger partial charge in [-0.2, -0.15) is 5.10 Å². The minimum Gasteiger partial charge on any atom is -0.497 e. The highest BCUT2D eigenvalue weighted by Gasteiger charge is 2.10. The van der Waals surface area contributed by atoms with Gasteiger partial charge in [-0.25, -0.2) is 5.43 Å². The Bertz CT molecular complexity index is 1030. The number of nitrogens with zero attached hydrogens (tertiary/aromatic N) is 2. The van der Waals surface area contributed by atoms with E-state index in [9.17, 15) is 4.79 Å². The van der Waals surface area contributed by atoms with Crippen molar-refractivity contribution in [2.45, 2.75) is 6.92 Å². The average Bonchev–Trinajstić information content (AvgIpc) is 2.76. The van der Waals surface area contributed by atoms with Gasteiger partial charge in [0.1, 0.15) is 17.2 Å². The van der Waals surface area contributed by atoms with Crippen LogP contribution in [0.4, 0.5) is 0 Å². The van der Waals surface area contributed by atoms with Gasteiger partial charge < -0.3 is 14.4 Å². The second-order valence-electron chi connectivity index (χ2n) is 7.40. The first kappa shape index (κ1) is 22.1. The van der Waals surface area contributed by atoms with Gasteiger partial charge in [0.25, 0.3) is 5.91 Å². The molecule has 3 aromatic carbocycles. The number of amides is 1. The van der Waals surface area contributed by atoms with Crippen LogP contribution < -0.4 is 14.9 Å².